The van der Waals surface area contributed by atoms with Gasteiger partial charge in [-0.05, 0) is 64.4 Å². The van der Waals surface area contributed by atoms with E-state index in [0.29, 0.717) is 28.1 Å². The molecule has 3 rings (SSSR count). The maximum atomic E-state index is 12.6. The molecule has 0 aliphatic heterocycles. The van der Waals surface area contributed by atoms with Crippen molar-refractivity contribution in [1.29, 1.82) is 0 Å². The lowest BCUT2D eigenvalue weighted by Gasteiger charge is -2.14. The maximum Gasteiger partial charge on any atom is 0.253 e. The highest BCUT2D eigenvalue weighted by Crippen LogP contribution is 2.27. The molecular formula is C24H25ClIN5O2S. The van der Waals surface area contributed by atoms with Gasteiger partial charge in [0.15, 0.2) is 11.0 Å². The van der Waals surface area contributed by atoms with E-state index in [-0.39, 0.29) is 30.0 Å². The SMILES string of the molecule is C=CCn1c(CNC(=O)c2ccccc2Cl)nnc1SCC(=O)Nc1ccc(I)cc1C(C)C. The number of halogens is 2. The summed E-state index contributed by atoms with van der Waals surface area (Å²) in [5.41, 5.74) is 2.30. The zero-order chi connectivity index (χ0) is 24.7. The van der Waals surface area contributed by atoms with Crippen LogP contribution in [0.25, 0.3) is 0 Å². The van der Waals surface area contributed by atoms with Crippen LogP contribution in [0.3, 0.4) is 0 Å². The highest BCUT2D eigenvalue weighted by Gasteiger charge is 2.17. The van der Waals surface area contributed by atoms with Crippen molar-refractivity contribution >= 4 is 63.5 Å². The topological polar surface area (TPSA) is 88.9 Å². The summed E-state index contributed by atoms with van der Waals surface area (Å²) < 4.78 is 2.95. The Morgan fingerprint density at radius 1 is 1.24 bits per heavy atom. The number of aromatic nitrogens is 3. The van der Waals surface area contributed by atoms with Crippen LogP contribution in [-0.2, 0) is 17.9 Å². The maximum absolute atomic E-state index is 12.6. The van der Waals surface area contributed by atoms with Gasteiger partial charge in [-0.3, -0.25) is 9.59 Å². The van der Waals surface area contributed by atoms with Crippen molar-refractivity contribution in [2.45, 2.75) is 38.0 Å². The fraction of sp³-hybridized carbons (Fsp3) is 0.250. The molecular weight excluding hydrogens is 585 g/mol. The molecule has 0 fully saturated rings. The summed E-state index contributed by atoms with van der Waals surface area (Å²) in [5, 5.41) is 15.2. The van der Waals surface area contributed by atoms with Gasteiger partial charge in [0.1, 0.15) is 0 Å². The van der Waals surface area contributed by atoms with Crippen molar-refractivity contribution in [3.8, 4) is 0 Å². The molecule has 178 valence electrons. The lowest BCUT2D eigenvalue weighted by Crippen LogP contribution is -2.25. The minimum absolute atomic E-state index is 0.130. The Morgan fingerprint density at radius 2 is 2.00 bits per heavy atom. The number of benzene rings is 2. The predicted molar refractivity (Wildman–Crippen MR) is 145 cm³/mol. The molecule has 0 aliphatic rings. The van der Waals surface area contributed by atoms with E-state index in [1.807, 2.05) is 16.7 Å². The van der Waals surface area contributed by atoms with Crippen LogP contribution in [0.5, 0.6) is 0 Å². The Balaban J connectivity index is 1.64. The van der Waals surface area contributed by atoms with Crippen LogP contribution < -0.4 is 10.6 Å². The molecule has 0 saturated carbocycles. The van der Waals surface area contributed by atoms with Crippen molar-refractivity contribution in [2.75, 3.05) is 11.1 Å². The van der Waals surface area contributed by atoms with Crippen molar-refractivity contribution in [3.63, 3.8) is 0 Å². The second-order valence-corrected chi connectivity index (χ2v) is 10.3. The standard InChI is InChI=1S/C24H25ClIN5O2S/c1-4-11-31-21(13-27-23(33)17-7-5-6-8-19(17)25)29-30-24(31)34-14-22(32)28-20-10-9-16(26)12-18(20)15(2)3/h4-10,12,15H,1,11,13-14H2,2-3H3,(H,27,33)(H,28,32). The minimum atomic E-state index is -0.300. The summed E-state index contributed by atoms with van der Waals surface area (Å²) in [6, 6.07) is 12.8. The van der Waals surface area contributed by atoms with Gasteiger partial charge in [-0.15, -0.1) is 16.8 Å². The van der Waals surface area contributed by atoms with Gasteiger partial charge in [0.2, 0.25) is 5.91 Å². The summed E-state index contributed by atoms with van der Waals surface area (Å²) in [7, 11) is 0. The highest BCUT2D eigenvalue weighted by molar-refractivity contribution is 14.1. The Labute approximate surface area is 221 Å². The number of rotatable bonds is 10. The molecule has 0 unspecified atom stereocenters. The number of carbonyl (C=O) groups excluding carboxylic acids is 2. The number of hydrogen-bond acceptors (Lipinski definition) is 5. The van der Waals surface area contributed by atoms with Crippen molar-refractivity contribution in [3.05, 3.63) is 80.7 Å². The molecule has 34 heavy (non-hydrogen) atoms. The fourth-order valence-corrected chi connectivity index (χ4v) is 4.71. The molecule has 0 spiro atoms. The number of nitrogens with one attached hydrogen (secondary N) is 2. The average Bonchev–Trinajstić information content (AvgIpc) is 3.19. The average molecular weight is 610 g/mol. The van der Waals surface area contributed by atoms with Gasteiger partial charge in [-0.2, -0.15) is 0 Å². The summed E-state index contributed by atoms with van der Waals surface area (Å²) in [6.45, 7) is 8.59. The monoisotopic (exact) mass is 609 g/mol. The van der Waals surface area contributed by atoms with E-state index in [9.17, 15) is 9.59 Å². The normalized spacial score (nSPS) is 10.9. The van der Waals surface area contributed by atoms with Crippen LogP contribution in [0.2, 0.25) is 5.02 Å². The molecule has 0 atom stereocenters. The number of thioether (sulfide) groups is 1. The Hall–Kier alpha value is -2.37. The number of allylic oxidation sites excluding steroid dienone is 1. The van der Waals surface area contributed by atoms with Crippen LogP contribution in [0.1, 0.15) is 41.5 Å². The smallest absolute Gasteiger partial charge is 0.253 e. The first-order chi connectivity index (χ1) is 16.3. The van der Waals surface area contributed by atoms with E-state index in [1.165, 1.54) is 11.8 Å². The summed E-state index contributed by atoms with van der Waals surface area (Å²) in [5.74, 6) is 0.589. The van der Waals surface area contributed by atoms with E-state index in [4.69, 9.17) is 11.6 Å². The highest BCUT2D eigenvalue weighted by atomic mass is 127. The van der Waals surface area contributed by atoms with Gasteiger partial charge in [-0.1, -0.05) is 55.4 Å². The third-order valence-corrected chi connectivity index (χ3v) is 6.84. The quantitative estimate of drug-likeness (QED) is 0.180. The van der Waals surface area contributed by atoms with Crippen molar-refractivity contribution < 1.29 is 9.59 Å². The molecule has 7 nitrogen and oxygen atoms in total. The first kappa shape index (κ1) is 26.2. The van der Waals surface area contributed by atoms with E-state index >= 15 is 0 Å². The van der Waals surface area contributed by atoms with Gasteiger partial charge in [0.25, 0.3) is 5.91 Å². The zero-order valence-electron chi connectivity index (χ0n) is 18.8. The molecule has 1 aromatic heterocycles. The molecule has 2 amide bonds. The lowest BCUT2D eigenvalue weighted by molar-refractivity contribution is -0.113. The van der Waals surface area contributed by atoms with Gasteiger partial charge >= 0.3 is 0 Å². The molecule has 0 bridgehead atoms. The predicted octanol–water partition coefficient (Wildman–Crippen LogP) is 5.51. The van der Waals surface area contributed by atoms with E-state index in [0.717, 1.165) is 14.8 Å². The number of anilines is 1. The summed E-state index contributed by atoms with van der Waals surface area (Å²) in [6.07, 6.45) is 1.72. The largest absolute Gasteiger partial charge is 0.345 e. The molecule has 0 saturated heterocycles. The molecule has 0 aliphatic carbocycles. The molecule has 3 aromatic rings. The third-order valence-electron chi connectivity index (χ3n) is 4.87. The minimum Gasteiger partial charge on any atom is -0.345 e. The molecule has 0 radical (unpaired) electrons. The molecule has 2 N–H and O–H groups in total. The van der Waals surface area contributed by atoms with E-state index in [2.05, 4.69) is 69.9 Å². The number of amides is 2. The van der Waals surface area contributed by atoms with Gasteiger partial charge in [0.05, 0.1) is 22.9 Å². The Morgan fingerprint density at radius 3 is 2.71 bits per heavy atom. The second kappa shape index (κ2) is 12.4. The van der Waals surface area contributed by atoms with Gasteiger partial charge < -0.3 is 15.2 Å². The molecule has 1 heterocycles. The van der Waals surface area contributed by atoms with Crippen LogP contribution in [0, 0.1) is 3.57 Å². The number of carbonyl (C=O) groups is 2. The van der Waals surface area contributed by atoms with Gasteiger partial charge in [-0.25, -0.2) is 0 Å². The third kappa shape index (κ3) is 6.83. The number of nitrogens with zero attached hydrogens (tertiary/aromatic N) is 3. The van der Waals surface area contributed by atoms with Crippen LogP contribution in [0.4, 0.5) is 5.69 Å². The first-order valence-corrected chi connectivity index (χ1v) is 13.0. The Kier molecular flexibility index (Phi) is 9.54. The van der Waals surface area contributed by atoms with Crippen LogP contribution in [0.15, 0.2) is 60.3 Å². The lowest BCUT2D eigenvalue weighted by atomic mass is 10.0. The van der Waals surface area contributed by atoms with Crippen molar-refractivity contribution in [1.82, 2.24) is 20.1 Å². The van der Waals surface area contributed by atoms with Crippen molar-refractivity contribution in [2.24, 2.45) is 0 Å². The second-order valence-electron chi connectivity index (χ2n) is 7.68. The summed E-state index contributed by atoms with van der Waals surface area (Å²) >= 11 is 9.65. The number of hydrogen-bond donors (Lipinski definition) is 2. The van der Waals surface area contributed by atoms with Crippen LogP contribution in [-0.4, -0.2) is 32.3 Å². The van der Waals surface area contributed by atoms with E-state index < -0.39 is 0 Å². The summed E-state index contributed by atoms with van der Waals surface area (Å²) in [4.78, 5) is 25.1. The first-order valence-electron chi connectivity index (χ1n) is 10.6. The van der Waals surface area contributed by atoms with Crippen LogP contribution >= 0.6 is 46.0 Å². The fourth-order valence-electron chi connectivity index (χ4n) is 3.21. The Bertz CT molecular complexity index is 1200. The molecule has 2 aromatic carbocycles. The van der Waals surface area contributed by atoms with Gasteiger partial charge in [0, 0.05) is 15.8 Å². The molecule has 10 heteroatoms. The zero-order valence-corrected chi connectivity index (χ0v) is 22.6. The van der Waals surface area contributed by atoms with E-state index in [1.54, 1.807) is 30.3 Å².